The summed E-state index contributed by atoms with van der Waals surface area (Å²) in [5, 5.41) is 9.37. The normalized spacial score (nSPS) is 14.0. The van der Waals surface area contributed by atoms with E-state index in [4.69, 9.17) is 4.74 Å². The van der Waals surface area contributed by atoms with Crippen molar-refractivity contribution < 1.29 is 19.4 Å². The quantitative estimate of drug-likeness (QED) is 0.697. The molecule has 1 heterocycles. The van der Waals surface area contributed by atoms with Gasteiger partial charge < -0.3 is 14.7 Å². The third-order valence-corrected chi connectivity index (χ3v) is 4.78. The molecule has 3 rings (SSSR count). The van der Waals surface area contributed by atoms with Gasteiger partial charge in [0.15, 0.2) is 0 Å². The standard InChI is InChI=1S/C23H26N2O4/c1-4-15-29-19-8-6-5-7-18(19)25-22(27)20(17-11-9-16(2)10-12-17)21(23(25)28)24(3)13-14-26/h5-12,26H,4,13-15H2,1-3H3. The zero-order valence-corrected chi connectivity index (χ0v) is 17.0. The van der Waals surface area contributed by atoms with Crippen molar-refractivity contribution in [2.24, 2.45) is 0 Å². The summed E-state index contributed by atoms with van der Waals surface area (Å²) in [4.78, 5) is 29.6. The molecule has 0 saturated heterocycles. The number of ether oxygens (including phenoxy) is 1. The molecular weight excluding hydrogens is 368 g/mol. The van der Waals surface area contributed by atoms with Gasteiger partial charge >= 0.3 is 0 Å². The monoisotopic (exact) mass is 394 g/mol. The number of imide groups is 1. The first-order chi connectivity index (χ1) is 14.0. The number of aliphatic hydroxyl groups is 1. The predicted molar refractivity (Wildman–Crippen MR) is 113 cm³/mol. The van der Waals surface area contributed by atoms with Gasteiger partial charge in [-0.2, -0.15) is 0 Å². The third kappa shape index (κ3) is 4.03. The molecule has 6 nitrogen and oxygen atoms in total. The molecule has 2 aromatic rings. The number of carbonyl (C=O) groups is 2. The molecule has 6 heteroatoms. The van der Waals surface area contributed by atoms with E-state index in [1.165, 1.54) is 4.90 Å². The van der Waals surface area contributed by atoms with Crippen molar-refractivity contribution in [3.05, 3.63) is 65.4 Å². The minimum Gasteiger partial charge on any atom is -0.491 e. The Morgan fingerprint density at radius 2 is 1.72 bits per heavy atom. The van der Waals surface area contributed by atoms with Crippen molar-refractivity contribution in [1.82, 2.24) is 4.90 Å². The number of likely N-dealkylation sites (N-methyl/N-ethyl adjacent to an activating group) is 1. The fourth-order valence-corrected chi connectivity index (χ4v) is 3.31. The lowest BCUT2D eigenvalue weighted by Gasteiger charge is -2.21. The van der Waals surface area contributed by atoms with Crippen LogP contribution in [0.4, 0.5) is 5.69 Å². The van der Waals surface area contributed by atoms with Gasteiger partial charge in [-0.1, -0.05) is 48.9 Å². The highest BCUT2D eigenvalue weighted by Crippen LogP contribution is 2.38. The van der Waals surface area contributed by atoms with Crippen molar-refractivity contribution >= 4 is 23.1 Å². The van der Waals surface area contributed by atoms with Crippen molar-refractivity contribution in [3.63, 3.8) is 0 Å². The molecule has 1 N–H and O–H groups in total. The van der Waals surface area contributed by atoms with Gasteiger partial charge in [0.05, 0.1) is 24.5 Å². The molecule has 0 radical (unpaired) electrons. The van der Waals surface area contributed by atoms with Crippen molar-refractivity contribution in [2.45, 2.75) is 20.3 Å². The van der Waals surface area contributed by atoms with Gasteiger partial charge in [-0.25, -0.2) is 4.90 Å². The maximum absolute atomic E-state index is 13.4. The van der Waals surface area contributed by atoms with E-state index in [0.717, 1.165) is 12.0 Å². The third-order valence-electron chi connectivity index (χ3n) is 4.78. The first kappa shape index (κ1) is 20.6. The lowest BCUT2D eigenvalue weighted by atomic mass is 10.0. The largest absolute Gasteiger partial charge is 0.491 e. The maximum atomic E-state index is 13.4. The molecule has 2 amide bonds. The van der Waals surface area contributed by atoms with Crippen LogP contribution in [-0.2, 0) is 9.59 Å². The average Bonchev–Trinajstić information content (AvgIpc) is 2.97. The van der Waals surface area contributed by atoms with Gasteiger partial charge in [-0.05, 0) is 31.0 Å². The summed E-state index contributed by atoms with van der Waals surface area (Å²) in [5.74, 6) is -0.328. The van der Waals surface area contributed by atoms with E-state index in [1.807, 2.05) is 44.2 Å². The SMILES string of the molecule is CCCOc1ccccc1N1C(=O)C(c2ccc(C)cc2)=C(N(C)CCO)C1=O. The highest BCUT2D eigenvalue weighted by Gasteiger charge is 2.42. The Bertz CT molecular complexity index is 934. The van der Waals surface area contributed by atoms with E-state index >= 15 is 0 Å². The van der Waals surface area contributed by atoms with Gasteiger partial charge in [0.2, 0.25) is 0 Å². The second-order valence-corrected chi connectivity index (χ2v) is 7.00. The van der Waals surface area contributed by atoms with Gasteiger partial charge in [0.1, 0.15) is 11.4 Å². The summed E-state index contributed by atoms with van der Waals surface area (Å²) in [5.41, 5.74) is 2.76. The maximum Gasteiger partial charge on any atom is 0.282 e. The summed E-state index contributed by atoms with van der Waals surface area (Å²) in [6, 6.07) is 14.5. The Morgan fingerprint density at radius 1 is 1.03 bits per heavy atom. The molecule has 2 aromatic carbocycles. The van der Waals surface area contributed by atoms with Crippen molar-refractivity contribution in [2.75, 3.05) is 31.7 Å². The Balaban J connectivity index is 2.10. The van der Waals surface area contributed by atoms with Crippen LogP contribution in [0.3, 0.4) is 0 Å². The number of nitrogens with zero attached hydrogens (tertiary/aromatic N) is 2. The van der Waals surface area contributed by atoms with Crippen LogP contribution in [-0.4, -0.2) is 48.6 Å². The number of benzene rings is 2. The molecule has 152 valence electrons. The molecule has 0 aromatic heterocycles. The molecule has 0 saturated carbocycles. The number of rotatable bonds is 8. The Kier molecular flexibility index (Phi) is 6.34. The van der Waals surface area contributed by atoms with Crippen LogP contribution >= 0.6 is 0 Å². The molecule has 1 aliphatic rings. The van der Waals surface area contributed by atoms with Crippen molar-refractivity contribution in [3.8, 4) is 5.75 Å². The Labute approximate surface area is 171 Å². The van der Waals surface area contributed by atoms with Crippen LogP contribution in [0.15, 0.2) is 54.2 Å². The molecule has 0 bridgehead atoms. The van der Waals surface area contributed by atoms with Crippen LogP contribution in [0.25, 0.3) is 5.57 Å². The van der Waals surface area contributed by atoms with Crippen LogP contribution < -0.4 is 9.64 Å². The second kappa shape index (κ2) is 8.92. The molecular formula is C23H26N2O4. The van der Waals surface area contributed by atoms with E-state index < -0.39 is 11.8 Å². The zero-order valence-electron chi connectivity index (χ0n) is 17.0. The van der Waals surface area contributed by atoms with Crippen LogP contribution in [0.1, 0.15) is 24.5 Å². The van der Waals surface area contributed by atoms with Gasteiger partial charge in [0, 0.05) is 13.6 Å². The highest BCUT2D eigenvalue weighted by atomic mass is 16.5. The number of para-hydroxylation sites is 2. The second-order valence-electron chi connectivity index (χ2n) is 7.00. The number of hydrogen-bond acceptors (Lipinski definition) is 5. The summed E-state index contributed by atoms with van der Waals surface area (Å²) < 4.78 is 5.78. The number of aryl methyl sites for hydroxylation is 1. The number of hydrogen-bond donors (Lipinski definition) is 1. The minimum atomic E-state index is -0.422. The molecule has 29 heavy (non-hydrogen) atoms. The molecule has 0 aliphatic carbocycles. The van der Waals surface area contributed by atoms with Gasteiger partial charge in [0.25, 0.3) is 11.8 Å². The van der Waals surface area contributed by atoms with E-state index in [2.05, 4.69) is 0 Å². The van der Waals surface area contributed by atoms with Crippen LogP contribution in [0, 0.1) is 6.92 Å². The van der Waals surface area contributed by atoms with Gasteiger partial charge in [-0.3, -0.25) is 9.59 Å². The van der Waals surface area contributed by atoms with E-state index in [0.29, 0.717) is 29.2 Å². The van der Waals surface area contributed by atoms with E-state index in [9.17, 15) is 14.7 Å². The fraction of sp³-hybridized carbons (Fsp3) is 0.304. The number of anilines is 1. The first-order valence-electron chi connectivity index (χ1n) is 9.73. The van der Waals surface area contributed by atoms with E-state index in [-0.39, 0.29) is 18.8 Å². The number of aliphatic hydroxyl groups excluding tert-OH is 1. The Hall–Kier alpha value is -3.12. The van der Waals surface area contributed by atoms with Crippen LogP contribution in [0.2, 0.25) is 0 Å². The summed E-state index contributed by atoms with van der Waals surface area (Å²) in [6.45, 7) is 4.56. The molecule has 0 unspecified atom stereocenters. The molecule has 0 spiro atoms. The minimum absolute atomic E-state index is 0.126. The lowest BCUT2D eigenvalue weighted by Crippen LogP contribution is -2.35. The molecule has 1 aliphatic heterocycles. The first-order valence-corrected chi connectivity index (χ1v) is 9.73. The molecule has 0 atom stereocenters. The smallest absolute Gasteiger partial charge is 0.282 e. The summed E-state index contributed by atoms with van der Waals surface area (Å²) >= 11 is 0. The average molecular weight is 394 g/mol. The molecule has 0 fully saturated rings. The Morgan fingerprint density at radius 3 is 2.38 bits per heavy atom. The number of amides is 2. The zero-order chi connectivity index (χ0) is 21.0. The lowest BCUT2D eigenvalue weighted by molar-refractivity contribution is -0.120. The topological polar surface area (TPSA) is 70.1 Å². The van der Waals surface area contributed by atoms with Gasteiger partial charge in [-0.15, -0.1) is 0 Å². The predicted octanol–water partition coefficient (Wildman–Crippen LogP) is 2.99. The number of carbonyl (C=O) groups excluding carboxylic acids is 2. The van der Waals surface area contributed by atoms with E-state index in [1.54, 1.807) is 30.1 Å². The fourth-order valence-electron chi connectivity index (χ4n) is 3.31. The van der Waals surface area contributed by atoms with Crippen LogP contribution in [0.5, 0.6) is 5.75 Å². The summed E-state index contributed by atoms with van der Waals surface area (Å²) in [7, 11) is 1.70. The van der Waals surface area contributed by atoms with Crippen molar-refractivity contribution in [1.29, 1.82) is 0 Å². The summed E-state index contributed by atoms with van der Waals surface area (Å²) in [6.07, 6.45) is 0.813. The highest BCUT2D eigenvalue weighted by molar-refractivity contribution is 6.45.